The van der Waals surface area contributed by atoms with Crippen LogP contribution < -0.4 is 0 Å². The van der Waals surface area contributed by atoms with Crippen LogP contribution >= 0.6 is 0 Å². The van der Waals surface area contributed by atoms with Crippen LogP contribution in [0.1, 0.15) is 20.3 Å². The van der Waals surface area contributed by atoms with Gasteiger partial charge in [-0.2, -0.15) is 0 Å². The van der Waals surface area contributed by atoms with Crippen LogP contribution in [0.25, 0.3) is 0 Å². The number of aliphatic carboxylic acids is 1. The smallest absolute Gasteiger partial charge is 0.306 e. The average Bonchev–Trinajstić information content (AvgIpc) is 1.84. The van der Waals surface area contributed by atoms with E-state index in [0.717, 1.165) is 6.42 Å². The predicted octanol–water partition coefficient (Wildman–Crippen LogP) is 1.13. The molecule has 64 valence electrons. The van der Waals surface area contributed by atoms with Crippen molar-refractivity contribution in [2.45, 2.75) is 20.3 Å². The highest BCUT2D eigenvalue weighted by molar-refractivity contribution is 5.69. The lowest BCUT2D eigenvalue weighted by atomic mass is 9.80. The standard InChI is InChI=1S/C8H14O3/c1-6(7(9)10)3-8(2)4-11-5-8/h6H,3-5H2,1-2H3,(H,9,10). The van der Waals surface area contributed by atoms with Gasteiger partial charge >= 0.3 is 5.97 Å². The molecule has 0 aromatic heterocycles. The van der Waals surface area contributed by atoms with E-state index in [-0.39, 0.29) is 11.3 Å². The third kappa shape index (κ3) is 1.93. The molecule has 0 spiro atoms. The molecule has 3 heteroatoms. The van der Waals surface area contributed by atoms with E-state index in [1.807, 2.05) is 0 Å². The quantitative estimate of drug-likeness (QED) is 0.669. The highest BCUT2D eigenvalue weighted by atomic mass is 16.5. The number of rotatable bonds is 3. The maximum absolute atomic E-state index is 10.5. The van der Waals surface area contributed by atoms with Crippen molar-refractivity contribution in [1.82, 2.24) is 0 Å². The summed E-state index contributed by atoms with van der Waals surface area (Å²) in [5, 5.41) is 8.62. The zero-order valence-corrected chi connectivity index (χ0v) is 6.96. The molecule has 1 saturated heterocycles. The third-order valence-corrected chi connectivity index (χ3v) is 2.12. The molecular weight excluding hydrogens is 144 g/mol. The van der Waals surface area contributed by atoms with E-state index < -0.39 is 5.97 Å². The molecule has 1 fully saturated rings. The molecule has 0 radical (unpaired) electrons. The summed E-state index contributed by atoms with van der Waals surface area (Å²) in [5.74, 6) is -0.956. The minimum Gasteiger partial charge on any atom is -0.481 e. The van der Waals surface area contributed by atoms with E-state index in [1.165, 1.54) is 0 Å². The Kier molecular flexibility index (Phi) is 2.18. The van der Waals surface area contributed by atoms with Crippen molar-refractivity contribution in [3.05, 3.63) is 0 Å². The number of ether oxygens (including phenoxy) is 1. The van der Waals surface area contributed by atoms with Gasteiger partial charge in [0.25, 0.3) is 0 Å². The van der Waals surface area contributed by atoms with E-state index in [1.54, 1.807) is 6.92 Å². The Labute approximate surface area is 66.4 Å². The zero-order valence-electron chi connectivity index (χ0n) is 6.96. The van der Waals surface area contributed by atoms with Crippen LogP contribution in [0.15, 0.2) is 0 Å². The van der Waals surface area contributed by atoms with Gasteiger partial charge in [0.05, 0.1) is 19.1 Å². The molecule has 0 aliphatic carbocycles. The summed E-state index contributed by atoms with van der Waals surface area (Å²) < 4.78 is 5.03. The second-order valence-electron chi connectivity index (χ2n) is 3.75. The Hall–Kier alpha value is -0.570. The number of carboxylic acid groups (broad SMARTS) is 1. The Morgan fingerprint density at radius 1 is 1.73 bits per heavy atom. The molecule has 3 nitrogen and oxygen atoms in total. The molecule has 0 amide bonds. The van der Waals surface area contributed by atoms with Gasteiger partial charge in [-0.15, -0.1) is 0 Å². The SMILES string of the molecule is CC(CC1(C)COC1)C(=O)O. The average molecular weight is 158 g/mol. The van der Waals surface area contributed by atoms with Gasteiger partial charge in [-0.25, -0.2) is 0 Å². The van der Waals surface area contributed by atoms with Crippen LogP contribution in [0, 0.1) is 11.3 Å². The zero-order chi connectivity index (χ0) is 8.48. The van der Waals surface area contributed by atoms with E-state index in [0.29, 0.717) is 13.2 Å². The highest BCUT2D eigenvalue weighted by Crippen LogP contribution is 2.33. The maximum Gasteiger partial charge on any atom is 0.306 e. The van der Waals surface area contributed by atoms with Crippen molar-refractivity contribution in [2.75, 3.05) is 13.2 Å². The topological polar surface area (TPSA) is 46.5 Å². The summed E-state index contributed by atoms with van der Waals surface area (Å²) in [6, 6.07) is 0. The molecule has 0 saturated carbocycles. The van der Waals surface area contributed by atoms with Crippen LogP contribution in [0.2, 0.25) is 0 Å². The van der Waals surface area contributed by atoms with Crippen molar-refractivity contribution in [1.29, 1.82) is 0 Å². The highest BCUT2D eigenvalue weighted by Gasteiger charge is 2.36. The van der Waals surface area contributed by atoms with Gasteiger partial charge in [0.15, 0.2) is 0 Å². The number of carboxylic acids is 1. The summed E-state index contributed by atoms with van der Waals surface area (Å²) in [4.78, 5) is 10.5. The Morgan fingerprint density at radius 2 is 2.27 bits per heavy atom. The normalized spacial score (nSPS) is 23.8. The number of hydrogen-bond donors (Lipinski definition) is 1. The Balaban J connectivity index is 2.35. The van der Waals surface area contributed by atoms with Gasteiger partial charge in [0, 0.05) is 5.41 Å². The van der Waals surface area contributed by atoms with Crippen LogP contribution in [-0.2, 0) is 9.53 Å². The predicted molar refractivity (Wildman–Crippen MR) is 40.3 cm³/mol. The van der Waals surface area contributed by atoms with Crippen molar-refractivity contribution in [2.24, 2.45) is 11.3 Å². The van der Waals surface area contributed by atoms with Gasteiger partial charge in [-0.3, -0.25) is 4.79 Å². The largest absolute Gasteiger partial charge is 0.481 e. The number of carbonyl (C=O) groups is 1. The monoisotopic (exact) mass is 158 g/mol. The summed E-state index contributed by atoms with van der Waals surface area (Å²) in [5.41, 5.74) is 0.123. The first-order valence-corrected chi connectivity index (χ1v) is 3.84. The van der Waals surface area contributed by atoms with Crippen LogP contribution in [0.5, 0.6) is 0 Å². The molecule has 11 heavy (non-hydrogen) atoms. The lowest BCUT2D eigenvalue weighted by molar-refractivity contribution is -0.148. The van der Waals surface area contributed by atoms with Crippen LogP contribution in [-0.4, -0.2) is 24.3 Å². The van der Waals surface area contributed by atoms with Gasteiger partial charge in [0.1, 0.15) is 0 Å². The Bertz CT molecular complexity index is 161. The maximum atomic E-state index is 10.5. The second-order valence-corrected chi connectivity index (χ2v) is 3.75. The molecule has 1 aliphatic rings. The van der Waals surface area contributed by atoms with E-state index >= 15 is 0 Å². The van der Waals surface area contributed by atoms with E-state index in [2.05, 4.69) is 6.92 Å². The van der Waals surface area contributed by atoms with Crippen LogP contribution in [0.4, 0.5) is 0 Å². The summed E-state index contributed by atoms with van der Waals surface area (Å²) in [6.45, 7) is 5.23. The summed E-state index contributed by atoms with van der Waals surface area (Å²) in [7, 11) is 0. The summed E-state index contributed by atoms with van der Waals surface area (Å²) in [6.07, 6.45) is 0.725. The van der Waals surface area contributed by atoms with Crippen LogP contribution in [0.3, 0.4) is 0 Å². The fourth-order valence-electron chi connectivity index (χ4n) is 1.39. The van der Waals surface area contributed by atoms with Gasteiger partial charge < -0.3 is 9.84 Å². The lowest BCUT2D eigenvalue weighted by Crippen LogP contribution is -2.41. The first kappa shape index (κ1) is 8.53. The minimum absolute atomic E-state index is 0.123. The molecular formula is C8H14O3. The molecule has 1 rings (SSSR count). The van der Waals surface area contributed by atoms with Gasteiger partial charge in [-0.05, 0) is 6.42 Å². The Morgan fingerprint density at radius 3 is 2.55 bits per heavy atom. The molecule has 1 heterocycles. The van der Waals surface area contributed by atoms with E-state index in [4.69, 9.17) is 9.84 Å². The minimum atomic E-state index is -0.710. The first-order chi connectivity index (χ1) is 5.03. The molecule has 0 aromatic carbocycles. The fraction of sp³-hybridized carbons (Fsp3) is 0.875. The molecule has 1 atom stereocenters. The summed E-state index contributed by atoms with van der Waals surface area (Å²) >= 11 is 0. The fourth-order valence-corrected chi connectivity index (χ4v) is 1.39. The number of hydrogen-bond acceptors (Lipinski definition) is 2. The molecule has 1 aliphatic heterocycles. The molecule has 1 N–H and O–H groups in total. The molecule has 0 aromatic rings. The molecule has 0 bridgehead atoms. The molecule has 1 unspecified atom stereocenters. The van der Waals surface area contributed by atoms with Crippen molar-refractivity contribution in [3.8, 4) is 0 Å². The van der Waals surface area contributed by atoms with Gasteiger partial charge in [0.2, 0.25) is 0 Å². The van der Waals surface area contributed by atoms with E-state index in [9.17, 15) is 4.79 Å². The van der Waals surface area contributed by atoms with Crippen molar-refractivity contribution >= 4 is 5.97 Å². The van der Waals surface area contributed by atoms with Crippen molar-refractivity contribution < 1.29 is 14.6 Å². The van der Waals surface area contributed by atoms with Crippen molar-refractivity contribution in [3.63, 3.8) is 0 Å². The second kappa shape index (κ2) is 2.81. The van der Waals surface area contributed by atoms with Gasteiger partial charge in [-0.1, -0.05) is 13.8 Å². The first-order valence-electron chi connectivity index (χ1n) is 3.84. The third-order valence-electron chi connectivity index (χ3n) is 2.12. The lowest BCUT2D eigenvalue weighted by Gasteiger charge is -2.39.